The second-order valence-corrected chi connectivity index (χ2v) is 2.46. The van der Waals surface area contributed by atoms with Crippen LogP contribution in [-0.4, -0.2) is 19.3 Å². The summed E-state index contributed by atoms with van der Waals surface area (Å²) in [6.45, 7) is 4.61. The van der Waals surface area contributed by atoms with E-state index in [0.29, 0.717) is 6.54 Å². The molecule has 0 amide bonds. The predicted molar refractivity (Wildman–Crippen MR) is 45.1 cm³/mol. The maximum absolute atomic E-state index is 11.2. The van der Waals surface area contributed by atoms with Gasteiger partial charge in [-0.2, -0.15) is 13.2 Å². The maximum atomic E-state index is 11.2. The third kappa shape index (κ3) is 35.0. The first-order chi connectivity index (χ1) is 6.06. The smallest absolute Gasteiger partial charge is 0.309 e. The van der Waals surface area contributed by atoms with Crippen molar-refractivity contribution in [2.75, 3.05) is 13.1 Å². The summed E-state index contributed by atoms with van der Waals surface area (Å²) < 4.78 is 33.5. The average Bonchev–Trinajstić information content (AvgIpc) is 2.89. The van der Waals surface area contributed by atoms with Gasteiger partial charge in [0.2, 0.25) is 0 Å². The number of alkyl halides is 3. The average molecular weight is 196 g/mol. The first-order valence-electron chi connectivity index (χ1n) is 4.09. The minimum Gasteiger partial charge on any atom is -0.309 e. The summed E-state index contributed by atoms with van der Waals surface area (Å²) in [6.07, 6.45) is 0.440. The van der Waals surface area contributed by atoms with Crippen LogP contribution < -0.4 is 5.32 Å². The van der Waals surface area contributed by atoms with Gasteiger partial charge in [-0.05, 0) is 6.54 Å². The molecule has 0 saturated heterocycles. The molecule has 78 valence electrons. The molecule has 2 nitrogen and oxygen atoms in total. The van der Waals surface area contributed by atoms with Gasteiger partial charge in [-0.3, -0.25) is 0 Å². The molecule has 13 heavy (non-hydrogen) atoms. The van der Waals surface area contributed by atoms with E-state index in [1.54, 1.807) is 6.92 Å². The Labute approximate surface area is 76.7 Å². The van der Waals surface area contributed by atoms with Gasteiger partial charge in [-0.25, -0.2) is 5.26 Å². The summed E-state index contributed by atoms with van der Waals surface area (Å²) in [7, 11) is 0. The van der Waals surface area contributed by atoms with Crippen molar-refractivity contribution in [1.82, 2.24) is 5.32 Å². The lowest BCUT2D eigenvalue weighted by Crippen LogP contribution is -2.28. The van der Waals surface area contributed by atoms with E-state index in [4.69, 9.17) is 5.26 Å². The highest BCUT2D eigenvalue weighted by Gasteiger charge is 2.25. The van der Waals surface area contributed by atoms with Gasteiger partial charge in [0.05, 0.1) is 6.54 Å². The van der Waals surface area contributed by atoms with Gasteiger partial charge in [0.1, 0.15) is 0 Å². The second-order valence-electron chi connectivity index (χ2n) is 2.46. The largest absolute Gasteiger partial charge is 0.401 e. The highest BCUT2D eigenvalue weighted by molar-refractivity contribution is 4.52. The van der Waals surface area contributed by atoms with Crippen LogP contribution in [0.3, 0.4) is 0 Å². The summed E-state index contributed by atoms with van der Waals surface area (Å²) in [6, 6.07) is 0. The monoisotopic (exact) mass is 196 g/mol. The Morgan fingerprint density at radius 3 is 1.69 bits per heavy atom. The minimum absolute atomic E-state index is 0.361. The van der Waals surface area contributed by atoms with E-state index >= 15 is 0 Å². The zero-order valence-corrected chi connectivity index (χ0v) is 7.69. The van der Waals surface area contributed by atoms with Gasteiger partial charge in [-0.15, -0.1) is 0 Å². The van der Waals surface area contributed by atoms with E-state index in [1.165, 1.54) is 19.3 Å². The first kappa shape index (κ1) is 14.7. The van der Waals surface area contributed by atoms with Crippen molar-refractivity contribution >= 4 is 0 Å². The van der Waals surface area contributed by atoms with Gasteiger partial charge in [-0.1, -0.05) is 26.2 Å². The van der Waals surface area contributed by atoms with Crippen LogP contribution in [0.2, 0.25) is 0 Å². The number of nitrogens with zero attached hydrogens (tertiary/aromatic N) is 1. The molecular formula is C8H15F3N2. The van der Waals surface area contributed by atoms with Gasteiger partial charge in [0.15, 0.2) is 0 Å². The van der Waals surface area contributed by atoms with Crippen LogP contribution in [0, 0.1) is 11.8 Å². The number of hydrogen-bond donors (Lipinski definition) is 1. The second kappa shape index (κ2) is 9.33. The Hall–Kier alpha value is -0.760. The molecule has 0 radical (unpaired) electrons. The lowest BCUT2D eigenvalue weighted by atomic mass is 10.6. The van der Waals surface area contributed by atoms with Crippen molar-refractivity contribution in [3.05, 3.63) is 0 Å². The molecule has 1 saturated carbocycles. The predicted octanol–water partition coefficient (Wildman–Crippen LogP) is 2.47. The number of rotatable bonds is 2. The minimum atomic E-state index is -4.06. The number of nitriles is 1. The number of halogens is 3. The molecule has 0 aromatic carbocycles. The van der Waals surface area contributed by atoms with Crippen molar-refractivity contribution in [3.63, 3.8) is 0 Å². The molecule has 5 heteroatoms. The molecular weight excluding hydrogens is 181 g/mol. The number of nitrogens with one attached hydrogen (secondary N) is 1. The van der Waals surface area contributed by atoms with Gasteiger partial charge < -0.3 is 5.32 Å². The Bertz CT molecular complexity index is 116. The molecule has 0 spiro atoms. The normalized spacial score (nSPS) is 13.1. The molecule has 0 aliphatic heterocycles. The third-order valence-corrected chi connectivity index (χ3v) is 0.929. The highest BCUT2D eigenvalue weighted by Crippen LogP contribution is 2.14. The van der Waals surface area contributed by atoms with E-state index in [1.807, 2.05) is 0 Å². The Morgan fingerprint density at radius 2 is 1.62 bits per heavy atom. The van der Waals surface area contributed by atoms with Crippen LogP contribution in [0.1, 0.15) is 26.2 Å². The van der Waals surface area contributed by atoms with E-state index in [9.17, 15) is 13.2 Å². The van der Waals surface area contributed by atoms with Crippen molar-refractivity contribution in [2.45, 2.75) is 32.4 Å². The summed E-state index contributed by atoms with van der Waals surface area (Å²) in [5.74, 6) is 0. The topological polar surface area (TPSA) is 35.8 Å². The van der Waals surface area contributed by atoms with E-state index in [0.717, 1.165) is 0 Å². The third-order valence-electron chi connectivity index (χ3n) is 0.929. The molecule has 1 fully saturated rings. The molecule has 0 aromatic heterocycles. The van der Waals surface area contributed by atoms with Crippen molar-refractivity contribution in [2.24, 2.45) is 0 Å². The SMILES string of the molecule is C#N.C1CC1.CCNCC(F)(F)F. The van der Waals surface area contributed by atoms with Crippen LogP contribution >= 0.6 is 0 Å². The molecule has 0 unspecified atom stereocenters. The maximum Gasteiger partial charge on any atom is 0.401 e. The number of hydrogen-bond acceptors (Lipinski definition) is 2. The van der Waals surface area contributed by atoms with E-state index in [-0.39, 0.29) is 0 Å². The zero-order valence-electron chi connectivity index (χ0n) is 7.69. The lowest BCUT2D eigenvalue weighted by molar-refractivity contribution is -0.124. The highest BCUT2D eigenvalue weighted by atomic mass is 19.4. The lowest BCUT2D eigenvalue weighted by Gasteiger charge is -2.04. The molecule has 0 heterocycles. The first-order valence-corrected chi connectivity index (χ1v) is 4.09. The summed E-state index contributed by atoms with van der Waals surface area (Å²) in [4.78, 5) is 0. The Balaban J connectivity index is 0. The molecule has 0 aromatic rings. The van der Waals surface area contributed by atoms with Crippen LogP contribution in [0.4, 0.5) is 13.2 Å². The van der Waals surface area contributed by atoms with Crippen molar-refractivity contribution in [3.8, 4) is 6.57 Å². The fraction of sp³-hybridized carbons (Fsp3) is 0.875. The van der Waals surface area contributed by atoms with Gasteiger partial charge >= 0.3 is 6.18 Å². The standard InChI is InChI=1S/C4H8F3N.C3H6.CHN/c1-2-8-3-4(5,6)7;1-2-3-1;1-2/h8H,2-3H2,1H3;1-3H2;1H. The van der Waals surface area contributed by atoms with Crippen molar-refractivity contribution < 1.29 is 13.2 Å². The van der Waals surface area contributed by atoms with Crippen LogP contribution in [0.25, 0.3) is 0 Å². The zero-order chi connectivity index (χ0) is 10.7. The Kier molecular flexibility index (Phi) is 10.6. The van der Waals surface area contributed by atoms with Gasteiger partial charge in [0.25, 0.3) is 0 Å². The molecule has 1 aliphatic rings. The molecule has 1 rings (SSSR count). The van der Waals surface area contributed by atoms with Crippen LogP contribution in [0.5, 0.6) is 0 Å². The molecule has 1 N–H and O–H groups in total. The summed E-state index contributed by atoms with van der Waals surface area (Å²) in [5.41, 5.74) is 0. The van der Waals surface area contributed by atoms with Crippen LogP contribution in [-0.2, 0) is 0 Å². The molecule has 1 aliphatic carbocycles. The van der Waals surface area contributed by atoms with E-state index in [2.05, 4.69) is 11.9 Å². The molecule has 0 atom stereocenters. The van der Waals surface area contributed by atoms with Crippen molar-refractivity contribution in [1.29, 1.82) is 5.26 Å². The fourth-order valence-electron chi connectivity index (χ4n) is 0.267. The molecule has 0 bridgehead atoms. The summed E-state index contributed by atoms with van der Waals surface area (Å²) in [5, 5.41) is 8.66. The summed E-state index contributed by atoms with van der Waals surface area (Å²) >= 11 is 0. The van der Waals surface area contributed by atoms with Gasteiger partial charge in [0, 0.05) is 6.57 Å². The van der Waals surface area contributed by atoms with E-state index < -0.39 is 12.7 Å². The fourth-order valence-corrected chi connectivity index (χ4v) is 0.267. The van der Waals surface area contributed by atoms with Crippen LogP contribution in [0.15, 0.2) is 0 Å². The quantitative estimate of drug-likeness (QED) is 0.736. The Morgan fingerprint density at radius 1 is 1.23 bits per heavy atom.